The van der Waals surface area contributed by atoms with Crippen LogP contribution in [0.5, 0.6) is 0 Å². The summed E-state index contributed by atoms with van der Waals surface area (Å²) >= 11 is 0. The van der Waals surface area contributed by atoms with E-state index in [-0.39, 0.29) is 37.2 Å². The second-order valence-corrected chi connectivity index (χ2v) is 6.10. The lowest BCUT2D eigenvalue weighted by Gasteiger charge is -2.13. The first-order valence-electron chi connectivity index (χ1n) is 9.00. The van der Waals surface area contributed by atoms with Crippen LogP contribution in [0.2, 0.25) is 0 Å². The van der Waals surface area contributed by atoms with Gasteiger partial charge >= 0.3 is 5.97 Å². The maximum Gasteiger partial charge on any atom is 0.343 e. The summed E-state index contributed by atoms with van der Waals surface area (Å²) in [5.41, 5.74) is 1.52. The van der Waals surface area contributed by atoms with Crippen molar-refractivity contribution in [2.24, 2.45) is 0 Å². The highest BCUT2D eigenvalue weighted by molar-refractivity contribution is 6.08. The molecule has 0 aliphatic carbocycles. The summed E-state index contributed by atoms with van der Waals surface area (Å²) in [4.78, 5) is 24.9. The molecule has 3 aromatic rings. The molecule has 1 heterocycles. The van der Waals surface area contributed by atoms with Gasteiger partial charge in [0.15, 0.2) is 0 Å². The molecule has 2 aromatic carbocycles. The van der Waals surface area contributed by atoms with Crippen LogP contribution in [0.1, 0.15) is 34.6 Å². The SMILES string of the molecule is CCOC(=O)C(OCc1ccccc1)C(=O)c1nnc(Cc2ccc(F)cc2)o1. The van der Waals surface area contributed by atoms with E-state index in [0.29, 0.717) is 0 Å². The minimum atomic E-state index is -1.52. The number of rotatable bonds is 9. The second-order valence-electron chi connectivity index (χ2n) is 6.10. The van der Waals surface area contributed by atoms with Gasteiger partial charge in [-0.25, -0.2) is 9.18 Å². The Bertz CT molecular complexity index is 957. The summed E-state index contributed by atoms with van der Waals surface area (Å²) < 4.78 is 28.8. The average Bonchev–Trinajstić information content (AvgIpc) is 3.19. The van der Waals surface area contributed by atoms with Crippen LogP contribution < -0.4 is 0 Å². The molecule has 0 N–H and O–H groups in total. The van der Waals surface area contributed by atoms with Crippen molar-refractivity contribution in [1.29, 1.82) is 0 Å². The molecule has 1 atom stereocenters. The van der Waals surface area contributed by atoms with Gasteiger partial charge in [-0.1, -0.05) is 42.5 Å². The lowest BCUT2D eigenvalue weighted by Crippen LogP contribution is -2.35. The number of hydrogen-bond donors (Lipinski definition) is 0. The summed E-state index contributed by atoms with van der Waals surface area (Å²) in [6, 6.07) is 14.9. The van der Waals surface area contributed by atoms with Crippen molar-refractivity contribution in [1.82, 2.24) is 10.2 Å². The standard InChI is InChI=1S/C21H19FN2O5/c1-2-27-21(26)19(28-13-15-6-4-3-5-7-15)18(25)20-24-23-17(29-20)12-14-8-10-16(22)11-9-14/h3-11,19H,2,12-13H2,1H3. The Morgan fingerprint density at radius 1 is 1.03 bits per heavy atom. The van der Waals surface area contributed by atoms with Crippen molar-refractivity contribution in [3.63, 3.8) is 0 Å². The lowest BCUT2D eigenvalue weighted by atomic mass is 10.1. The molecule has 0 amide bonds. The van der Waals surface area contributed by atoms with Gasteiger partial charge in [0.25, 0.3) is 11.7 Å². The fraction of sp³-hybridized carbons (Fsp3) is 0.238. The van der Waals surface area contributed by atoms with Crippen molar-refractivity contribution < 1.29 is 27.9 Å². The van der Waals surface area contributed by atoms with Crippen molar-refractivity contribution in [2.45, 2.75) is 26.1 Å². The van der Waals surface area contributed by atoms with Crippen LogP contribution in [0.4, 0.5) is 4.39 Å². The summed E-state index contributed by atoms with van der Waals surface area (Å²) in [7, 11) is 0. The number of Topliss-reactive ketones (excluding diaryl/α,β-unsaturated/α-hetero) is 1. The normalized spacial score (nSPS) is 11.8. The van der Waals surface area contributed by atoms with E-state index in [1.54, 1.807) is 31.2 Å². The molecule has 0 fully saturated rings. The Morgan fingerprint density at radius 2 is 1.76 bits per heavy atom. The Hall–Kier alpha value is -3.39. The molecule has 0 saturated heterocycles. The summed E-state index contributed by atoms with van der Waals surface area (Å²) in [5, 5.41) is 7.54. The number of esters is 1. The molecule has 0 aliphatic heterocycles. The summed E-state index contributed by atoms with van der Waals surface area (Å²) in [5.74, 6) is -2.16. The molecule has 0 saturated carbocycles. The second kappa shape index (κ2) is 9.70. The van der Waals surface area contributed by atoms with E-state index in [1.807, 2.05) is 18.2 Å². The van der Waals surface area contributed by atoms with E-state index in [1.165, 1.54) is 12.1 Å². The highest BCUT2D eigenvalue weighted by Gasteiger charge is 2.34. The smallest absolute Gasteiger partial charge is 0.343 e. The van der Waals surface area contributed by atoms with Gasteiger partial charge in [-0.3, -0.25) is 4.79 Å². The summed E-state index contributed by atoms with van der Waals surface area (Å²) in [6.45, 7) is 1.76. The molecule has 0 radical (unpaired) electrons. The first-order chi connectivity index (χ1) is 14.1. The number of nitrogens with zero attached hydrogens (tertiary/aromatic N) is 2. The van der Waals surface area contributed by atoms with Gasteiger partial charge in [0.1, 0.15) is 5.82 Å². The third-order valence-corrected chi connectivity index (χ3v) is 3.94. The molecule has 0 spiro atoms. The third kappa shape index (κ3) is 5.55. The van der Waals surface area contributed by atoms with Crippen molar-refractivity contribution in [2.75, 3.05) is 6.61 Å². The van der Waals surface area contributed by atoms with Gasteiger partial charge < -0.3 is 13.9 Å². The predicted octanol–water partition coefficient (Wildman–Crippen LogP) is 3.13. The zero-order chi connectivity index (χ0) is 20.6. The molecule has 8 heteroatoms. The largest absolute Gasteiger partial charge is 0.464 e. The van der Waals surface area contributed by atoms with E-state index < -0.39 is 17.9 Å². The molecular weight excluding hydrogens is 379 g/mol. The van der Waals surface area contributed by atoms with Crippen LogP contribution in [-0.2, 0) is 27.3 Å². The monoisotopic (exact) mass is 398 g/mol. The van der Waals surface area contributed by atoms with E-state index in [4.69, 9.17) is 13.9 Å². The third-order valence-electron chi connectivity index (χ3n) is 3.94. The molecule has 3 rings (SSSR count). The average molecular weight is 398 g/mol. The van der Waals surface area contributed by atoms with E-state index >= 15 is 0 Å². The van der Waals surface area contributed by atoms with Crippen LogP contribution in [0, 0.1) is 5.82 Å². The number of carbonyl (C=O) groups excluding carboxylic acids is 2. The Balaban J connectivity index is 1.72. The van der Waals surface area contributed by atoms with Crippen LogP contribution >= 0.6 is 0 Å². The number of carbonyl (C=O) groups is 2. The molecule has 1 aromatic heterocycles. The minimum absolute atomic E-state index is 0.0344. The van der Waals surface area contributed by atoms with Gasteiger partial charge in [-0.05, 0) is 30.2 Å². The molecule has 0 aliphatic rings. The number of aromatic nitrogens is 2. The number of hydrogen-bond acceptors (Lipinski definition) is 7. The fourth-order valence-corrected chi connectivity index (χ4v) is 2.54. The highest BCUT2D eigenvalue weighted by atomic mass is 19.1. The van der Waals surface area contributed by atoms with Crippen LogP contribution in [0.15, 0.2) is 59.0 Å². The zero-order valence-corrected chi connectivity index (χ0v) is 15.7. The number of benzene rings is 2. The van der Waals surface area contributed by atoms with Crippen LogP contribution in [0.3, 0.4) is 0 Å². The zero-order valence-electron chi connectivity index (χ0n) is 15.7. The van der Waals surface area contributed by atoms with Gasteiger partial charge in [0.05, 0.1) is 19.6 Å². The van der Waals surface area contributed by atoms with Crippen LogP contribution in [-0.4, -0.2) is 34.7 Å². The van der Waals surface area contributed by atoms with Gasteiger partial charge in [0.2, 0.25) is 12.0 Å². The topological polar surface area (TPSA) is 91.5 Å². The Labute approximate surface area is 166 Å². The van der Waals surface area contributed by atoms with Crippen molar-refractivity contribution in [3.8, 4) is 0 Å². The lowest BCUT2D eigenvalue weighted by molar-refractivity contribution is -0.154. The fourth-order valence-electron chi connectivity index (χ4n) is 2.54. The number of halogens is 1. The Kier molecular flexibility index (Phi) is 6.80. The number of ether oxygens (including phenoxy) is 2. The quantitative estimate of drug-likeness (QED) is 0.311. The molecule has 7 nitrogen and oxygen atoms in total. The minimum Gasteiger partial charge on any atom is -0.464 e. The van der Waals surface area contributed by atoms with E-state index in [0.717, 1.165) is 11.1 Å². The Morgan fingerprint density at radius 3 is 2.45 bits per heavy atom. The van der Waals surface area contributed by atoms with E-state index in [2.05, 4.69) is 10.2 Å². The maximum atomic E-state index is 13.0. The van der Waals surface area contributed by atoms with Crippen molar-refractivity contribution in [3.05, 3.63) is 83.3 Å². The maximum absolute atomic E-state index is 13.0. The van der Waals surface area contributed by atoms with Crippen molar-refractivity contribution >= 4 is 11.8 Å². The first kappa shape index (κ1) is 20.3. The molecule has 150 valence electrons. The number of ketones is 1. The summed E-state index contributed by atoms with van der Waals surface area (Å²) in [6.07, 6.45) is -1.30. The first-order valence-corrected chi connectivity index (χ1v) is 9.00. The van der Waals surface area contributed by atoms with Gasteiger partial charge in [-0.2, -0.15) is 0 Å². The van der Waals surface area contributed by atoms with E-state index in [9.17, 15) is 14.0 Å². The highest BCUT2D eigenvalue weighted by Crippen LogP contribution is 2.14. The molecule has 29 heavy (non-hydrogen) atoms. The molecular formula is C21H19FN2O5. The molecule has 0 bridgehead atoms. The predicted molar refractivity (Wildman–Crippen MR) is 99.5 cm³/mol. The van der Waals surface area contributed by atoms with Gasteiger partial charge in [0, 0.05) is 0 Å². The molecule has 1 unspecified atom stereocenters. The van der Waals surface area contributed by atoms with Gasteiger partial charge in [-0.15, -0.1) is 10.2 Å². The van der Waals surface area contributed by atoms with Crippen LogP contribution in [0.25, 0.3) is 0 Å².